The zero-order chi connectivity index (χ0) is 13.9. The summed E-state index contributed by atoms with van der Waals surface area (Å²) < 4.78 is 24.3. The third-order valence-electron chi connectivity index (χ3n) is 2.37. The van der Waals surface area contributed by atoms with Crippen molar-refractivity contribution in [2.75, 3.05) is 4.41 Å². The number of nitriles is 2. The summed E-state index contributed by atoms with van der Waals surface area (Å²) in [5.41, 5.74) is 0.417. The van der Waals surface area contributed by atoms with Crippen LogP contribution in [0, 0.1) is 22.7 Å². The van der Waals surface area contributed by atoms with Crippen LogP contribution in [0.2, 0.25) is 0 Å². The molecule has 1 rings (SSSR count). The molecule has 0 saturated heterocycles. The lowest BCUT2D eigenvalue weighted by Gasteiger charge is -2.21. The number of nitrogens with zero attached hydrogens (tertiary/aromatic N) is 3. The molecular formula is C11H12N4O2S. The second-order valence-electron chi connectivity index (χ2n) is 3.84. The maximum Gasteiger partial charge on any atom is 0.250 e. The van der Waals surface area contributed by atoms with Gasteiger partial charge >= 0.3 is 0 Å². The summed E-state index contributed by atoms with van der Waals surface area (Å²) >= 11 is 0. The molecule has 1 aromatic rings. The summed E-state index contributed by atoms with van der Waals surface area (Å²) in [5, 5.41) is 16.9. The average molecular weight is 264 g/mol. The van der Waals surface area contributed by atoms with Gasteiger partial charge in [0.25, 0.3) is 10.0 Å². The molecule has 18 heavy (non-hydrogen) atoms. The van der Waals surface area contributed by atoms with E-state index in [-0.39, 0.29) is 16.8 Å². The third-order valence-corrected chi connectivity index (χ3v) is 4.32. The second kappa shape index (κ2) is 5.05. The van der Waals surface area contributed by atoms with Crippen LogP contribution in [0.3, 0.4) is 0 Å². The first-order chi connectivity index (χ1) is 8.34. The highest BCUT2D eigenvalue weighted by Crippen LogP contribution is 2.20. The molecule has 0 bridgehead atoms. The molecule has 0 spiro atoms. The predicted octanol–water partition coefficient (Wildman–Crippen LogP) is 0.848. The van der Waals surface area contributed by atoms with Crippen molar-refractivity contribution < 1.29 is 8.42 Å². The number of hydrogen-bond donors (Lipinski definition) is 1. The highest BCUT2D eigenvalue weighted by molar-refractivity contribution is 7.93. The highest BCUT2D eigenvalue weighted by Gasteiger charge is 2.24. The van der Waals surface area contributed by atoms with Gasteiger partial charge in [-0.3, -0.25) is 0 Å². The van der Waals surface area contributed by atoms with Crippen LogP contribution in [-0.2, 0) is 10.0 Å². The molecule has 94 valence electrons. The average Bonchev–Trinajstić information content (AvgIpc) is 2.36. The Balaban J connectivity index is 3.30. The summed E-state index contributed by atoms with van der Waals surface area (Å²) in [5.74, 6) is 5.54. The number of hydrogen-bond acceptors (Lipinski definition) is 5. The van der Waals surface area contributed by atoms with E-state index in [1.165, 1.54) is 32.0 Å². The summed E-state index contributed by atoms with van der Waals surface area (Å²) in [4.78, 5) is 0. The van der Waals surface area contributed by atoms with Crippen LogP contribution in [-0.4, -0.2) is 13.7 Å². The van der Waals surface area contributed by atoms with Crippen molar-refractivity contribution >= 4 is 15.7 Å². The fourth-order valence-corrected chi connectivity index (χ4v) is 2.10. The summed E-state index contributed by atoms with van der Waals surface area (Å²) in [6.45, 7) is 3.01. The number of benzene rings is 1. The largest absolute Gasteiger partial charge is 0.250 e. The molecule has 0 atom stereocenters. The van der Waals surface area contributed by atoms with Gasteiger partial charge in [-0.1, -0.05) is 0 Å². The Morgan fingerprint density at radius 2 is 1.78 bits per heavy atom. The molecular weight excluding hydrogens is 252 g/mol. The molecule has 0 aliphatic carbocycles. The Labute approximate surface area is 106 Å². The van der Waals surface area contributed by atoms with Crippen LogP contribution < -0.4 is 10.3 Å². The van der Waals surface area contributed by atoms with Gasteiger partial charge < -0.3 is 0 Å². The van der Waals surface area contributed by atoms with Gasteiger partial charge in [-0.15, -0.1) is 0 Å². The lowest BCUT2D eigenvalue weighted by Crippen LogP contribution is -2.41. The topological polar surface area (TPSA) is 111 Å². The second-order valence-corrected chi connectivity index (χ2v) is 6.21. The van der Waals surface area contributed by atoms with Gasteiger partial charge in [0, 0.05) is 0 Å². The molecule has 1 aromatic carbocycles. The van der Waals surface area contributed by atoms with Gasteiger partial charge in [-0.05, 0) is 32.0 Å². The van der Waals surface area contributed by atoms with Gasteiger partial charge in [0.2, 0.25) is 0 Å². The number of rotatable bonds is 3. The van der Waals surface area contributed by atoms with E-state index in [0.29, 0.717) is 4.41 Å². The minimum absolute atomic E-state index is 0.0874. The standard InChI is InChI=1S/C11H12N4O2S/c1-8(2)18(16,17)15(14)11-4-3-9(6-12)10(5-11)7-13/h3-5,8H,14H2,1-2H3. The van der Waals surface area contributed by atoms with Crippen LogP contribution in [0.5, 0.6) is 0 Å². The maximum atomic E-state index is 11.8. The van der Waals surface area contributed by atoms with Crippen LogP contribution in [0.1, 0.15) is 25.0 Å². The van der Waals surface area contributed by atoms with Crippen LogP contribution in [0.4, 0.5) is 5.69 Å². The van der Waals surface area contributed by atoms with Gasteiger partial charge in [-0.2, -0.15) is 10.5 Å². The van der Waals surface area contributed by atoms with Crippen molar-refractivity contribution in [3.05, 3.63) is 29.3 Å². The first kappa shape index (κ1) is 14.0. The molecule has 7 heteroatoms. The number of anilines is 1. The molecule has 6 nitrogen and oxygen atoms in total. The summed E-state index contributed by atoms with van der Waals surface area (Å²) in [7, 11) is -3.66. The van der Waals surface area contributed by atoms with Gasteiger partial charge in [0.05, 0.1) is 22.1 Å². The van der Waals surface area contributed by atoms with Crippen LogP contribution in [0.15, 0.2) is 18.2 Å². The molecule has 0 aliphatic heterocycles. The smallest absolute Gasteiger partial charge is 0.233 e. The van der Waals surface area contributed by atoms with Crippen molar-refractivity contribution in [3.63, 3.8) is 0 Å². The van der Waals surface area contributed by atoms with E-state index in [4.69, 9.17) is 16.4 Å². The molecule has 0 amide bonds. The Morgan fingerprint density at radius 3 is 2.22 bits per heavy atom. The molecule has 2 N–H and O–H groups in total. The molecule has 0 aliphatic rings. The first-order valence-electron chi connectivity index (χ1n) is 5.07. The van der Waals surface area contributed by atoms with E-state index in [2.05, 4.69) is 0 Å². The molecule has 0 radical (unpaired) electrons. The molecule has 0 fully saturated rings. The Kier molecular flexibility index (Phi) is 3.92. The predicted molar refractivity (Wildman–Crippen MR) is 66.6 cm³/mol. The van der Waals surface area contributed by atoms with E-state index < -0.39 is 15.3 Å². The minimum Gasteiger partial charge on any atom is -0.233 e. The normalized spacial score (nSPS) is 10.8. The fourth-order valence-electron chi connectivity index (χ4n) is 1.23. The Morgan fingerprint density at radius 1 is 1.22 bits per heavy atom. The number of nitrogens with two attached hydrogens (primary N) is 1. The quantitative estimate of drug-likeness (QED) is 0.642. The van der Waals surface area contributed by atoms with Crippen LogP contribution >= 0.6 is 0 Å². The maximum absolute atomic E-state index is 11.8. The number of hydrazine groups is 1. The summed E-state index contributed by atoms with van der Waals surface area (Å²) in [6.07, 6.45) is 0. The first-order valence-corrected chi connectivity index (χ1v) is 6.58. The zero-order valence-corrected chi connectivity index (χ0v) is 10.8. The highest BCUT2D eigenvalue weighted by atomic mass is 32.2. The monoisotopic (exact) mass is 264 g/mol. The van der Waals surface area contributed by atoms with Crippen molar-refractivity contribution in [2.24, 2.45) is 5.84 Å². The van der Waals surface area contributed by atoms with E-state index in [9.17, 15) is 8.42 Å². The SMILES string of the molecule is CC(C)S(=O)(=O)N(N)c1ccc(C#N)c(C#N)c1. The Hall–Kier alpha value is -2.09. The lowest BCUT2D eigenvalue weighted by atomic mass is 10.1. The van der Waals surface area contributed by atoms with Crippen molar-refractivity contribution in [1.82, 2.24) is 0 Å². The number of sulfonamides is 1. The van der Waals surface area contributed by atoms with Crippen molar-refractivity contribution in [1.29, 1.82) is 10.5 Å². The third kappa shape index (κ3) is 2.43. The van der Waals surface area contributed by atoms with Gasteiger partial charge in [0.15, 0.2) is 0 Å². The van der Waals surface area contributed by atoms with Gasteiger partial charge in [-0.25, -0.2) is 18.7 Å². The molecule has 0 aromatic heterocycles. The lowest BCUT2D eigenvalue weighted by molar-refractivity contribution is 0.583. The van der Waals surface area contributed by atoms with Crippen molar-refractivity contribution in [2.45, 2.75) is 19.1 Å². The Bertz CT molecular complexity index is 638. The van der Waals surface area contributed by atoms with Crippen LogP contribution in [0.25, 0.3) is 0 Å². The summed E-state index contributed by atoms with van der Waals surface area (Å²) in [6, 6.07) is 7.69. The van der Waals surface area contributed by atoms with E-state index >= 15 is 0 Å². The zero-order valence-electron chi connectivity index (χ0n) is 9.95. The van der Waals surface area contributed by atoms with E-state index in [0.717, 1.165) is 0 Å². The van der Waals surface area contributed by atoms with E-state index in [1.54, 1.807) is 0 Å². The van der Waals surface area contributed by atoms with E-state index in [1.807, 2.05) is 12.1 Å². The molecule has 0 heterocycles. The molecule has 0 saturated carbocycles. The van der Waals surface area contributed by atoms with Crippen molar-refractivity contribution in [3.8, 4) is 12.1 Å². The minimum atomic E-state index is -3.66. The fraction of sp³-hybridized carbons (Fsp3) is 0.273. The van der Waals surface area contributed by atoms with Gasteiger partial charge in [0.1, 0.15) is 12.1 Å². The molecule has 0 unspecified atom stereocenters.